The predicted molar refractivity (Wildman–Crippen MR) is 623 cm³/mol. The van der Waals surface area contributed by atoms with E-state index in [0.717, 1.165) is 73.4 Å². The van der Waals surface area contributed by atoms with E-state index in [1.165, 1.54) is 145 Å². The van der Waals surface area contributed by atoms with Gasteiger partial charge in [-0.3, -0.25) is 9.97 Å². The number of fused-ring (bicyclic) bond motifs is 9. The highest BCUT2D eigenvalue weighted by atomic mass is 15.2. The molecule has 0 saturated heterocycles. The van der Waals surface area contributed by atoms with Crippen LogP contribution < -0.4 is 14.7 Å². The molecule has 5 heteroatoms. The molecule has 0 unspecified atom stereocenters. The van der Waals surface area contributed by atoms with Gasteiger partial charge in [0.05, 0.1) is 21.9 Å². The van der Waals surface area contributed by atoms with Gasteiger partial charge in [-0.2, -0.15) is 0 Å². The van der Waals surface area contributed by atoms with E-state index in [0.29, 0.717) is 0 Å². The average molecular weight is 1920 g/mol. The minimum absolute atomic E-state index is 0.473. The number of anilines is 9. The van der Waals surface area contributed by atoms with E-state index in [9.17, 15) is 0 Å². The van der Waals surface area contributed by atoms with Crippen molar-refractivity contribution in [3.8, 4) is 100 Å². The molecule has 3 aliphatic rings. The number of benzene rings is 22. The second kappa shape index (κ2) is 40.6. The highest BCUT2D eigenvalue weighted by Crippen LogP contribution is 2.62. The van der Waals surface area contributed by atoms with Crippen LogP contribution in [0.3, 0.4) is 0 Å². The number of aromatic nitrogens is 2. The lowest BCUT2D eigenvalue weighted by Gasteiger charge is -2.35. The molecular formula is C145H103N5. The molecule has 22 aromatic carbocycles. The van der Waals surface area contributed by atoms with Crippen LogP contribution in [0.1, 0.15) is 66.8 Å². The fourth-order valence-corrected chi connectivity index (χ4v) is 23.6. The van der Waals surface area contributed by atoms with Crippen LogP contribution in [0.2, 0.25) is 0 Å². The van der Waals surface area contributed by atoms with Gasteiger partial charge in [0, 0.05) is 81.4 Å². The zero-order chi connectivity index (χ0) is 100.0. The van der Waals surface area contributed by atoms with E-state index < -0.39 is 16.2 Å². The molecule has 0 N–H and O–H groups in total. The molecule has 27 rings (SSSR count). The second-order valence-electron chi connectivity index (χ2n) is 38.5. The molecule has 0 bridgehead atoms. The maximum Gasteiger partial charge on any atom is 0.0714 e. The van der Waals surface area contributed by atoms with Gasteiger partial charge in [-0.05, 0) is 271 Å². The molecular weight excluding hydrogens is 1810 g/mol. The first kappa shape index (κ1) is 91.7. The molecule has 0 fully saturated rings. The summed E-state index contributed by atoms with van der Waals surface area (Å²) in [5, 5.41) is 0. The summed E-state index contributed by atoms with van der Waals surface area (Å²) in [6.07, 6.45) is 7.51. The largest absolute Gasteiger partial charge is 0.310 e. The maximum atomic E-state index is 4.49. The minimum atomic E-state index is -0.490. The Morgan fingerprint density at radius 1 is 0.127 bits per heavy atom. The zero-order valence-corrected chi connectivity index (χ0v) is 82.7. The van der Waals surface area contributed by atoms with Gasteiger partial charge in [-0.25, -0.2) is 0 Å². The summed E-state index contributed by atoms with van der Waals surface area (Å²) in [7, 11) is 0. The van der Waals surface area contributed by atoms with Gasteiger partial charge in [-0.1, -0.05) is 485 Å². The van der Waals surface area contributed by atoms with Crippen molar-refractivity contribution in [3.05, 3.63) is 692 Å². The molecule has 150 heavy (non-hydrogen) atoms. The van der Waals surface area contributed by atoms with E-state index in [1.54, 1.807) is 0 Å². The standard InChI is InChI=1S/C49H35N.2C48H34N2/c1-5-16-36(17-6-1)38-28-30-42(31-29-38)50(43-25-15-20-39(34-43)37-18-7-2-8-19-37)44-32-33-46-45-26-13-14-27-47(45)49(48(46)35-44,40-21-9-3-10-22-40)41-23-11-4-12-24-41;1-4-15-35(16-5-1)36-26-28-40(29-27-36)50(47-25-13-11-22-42(47)37-17-14-32-49-34-37)41-30-31-44-43-23-10-12-24-45(43)48(46(44)33-41,38-18-6-2-7-19-38)39-20-8-3-9-21-39;1-4-13-35(14-5-1)36-22-26-41(27-23-36)50(42-28-24-37(25-29-42)38-15-12-32-49-34-38)43-30-31-45-44-20-10-11-21-46(44)48(47(45)33-43,39-16-6-2-7-17-39)40-18-8-3-9-19-40/h1-35H;2*1-34H. The minimum Gasteiger partial charge on any atom is -0.310 e. The second-order valence-corrected chi connectivity index (χ2v) is 38.5. The molecule has 24 aromatic rings. The average Bonchev–Trinajstić information content (AvgIpc) is 1.54. The summed E-state index contributed by atoms with van der Waals surface area (Å²) >= 11 is 0. The third-order valence-electron chi connectivity index (χ3n) is 30.2. The lowest BCUT2D eigenvalue weighted by molar-refractivity contribution is 0.768. The molecule has 0 amide bonds. The van der Waals surface area contributed by atoms with Crippen molar-refractivity contribution < 1.29 is 0 Å². The fraction of sp³-hybridized carbons (Fsp3) is 0.0207. The summed E-state index contributed by atoms with van der Waals surface area (Å²) in [5.74, 6) is 0. The van der Waals surface area contributed by atoms with Gasteiger partial charge in [0.25, 0.3) is 0 Å². The summed E-state index contributed by atoms with van der Waals surface area (Å²) in [6.45, 7) is 0. The Labute approximate surface area is 878 Å². The SMILES string of the molecule is c1ccc(-c2ccc(N(c3ccc(-c4cccnc4)cc3)c3ccc4c(c3)C(c3ccccc3)(c3ccccc3)c3ccccc3-4)cc2)cc1.c1ccc(-c2ccc(N(c3ccc4c(c3)C(c3ccccc3)(c3ccccc3)c3ccccc3-4)c3ccccc3-c3cccnc3)cc2)cc1.c1ccc(-c2ccc(N(c3cccc(-c4ccccc4)c3)c3ccc4c(c3)C(c3ccccc3)(c3ccccc3)c3ccccc3-4)cc2)cc1. The lowest BCUT2D eigenvalue weighted by Crippen LogP contribution is -2.28. The van der Waals surface area contributed by atoms with Crippen LogP contribution in [-0.4, -0.2) is 9.97 Å². The fourth-order valence-electron chi connectivity index (χ4n) is 23.6. The Morgan fingerprint density at radius 2 is 0.347 bits per heavy atom. The van der Waals surface area contributed by atoms with E-state index in [-0.39, 0.29) is 0 Å². The monoisotopic (exact) mass is 1910 g/mol. The summed E-state index contributed by atoms with van der Waals surface area (Å²) in [6, 6.07) is 218. The van der Waals surface area contributed by atoms with Gasteiger partial charge in [0.15, 0.2) is 0 Å². The molecule has 0 radical (unpaired) electrons. The zero-order valence-electron chi connectivity index (χ0n) is 82.7. The van der Waals surface area contributed by atoms with Crippen LogP contribution in [0.15, 0.2) is 625 Å². The van der Waals surface area contributed by atoms with Gasteiger partial charge < -0.3 is 14.7 Å². The van der Waals surface area contributed by atoms with Crippen LogP contribution in [0.4, 0.5) is 51.2 Å². The maximum absolute atomic E-state index is 4.49. The summed E-state index contributed by atoms with van der Waals surface area (Å²) < 4.78 is 0. The van der Waals surface area contributed by atoms with Crippen LogP contribution >= 0.6 is 0 Å². The van der Waals surface area contributed by atoms with E-state index >= 15 is 0 Å². The Balaban J connectivity index is 0.000000116. The normalized spacial score (nSPS) is 12.6. The number of rotatable bonds is 21. The van der Waals surface area contributed by atoms with Crippen molar-refractivity contribution in [1.29, 1.82) is 0 Å². The number of hydrogen-bond donors (Lipinski definition) is 0. The molecule has 2 heterocycles. The Morgan fingerprint density at radius 3 is 0.667 bits per heavy atom. The lowest BCUT2D eigenvalue weighted by atomic mass is 9.67. The van der Waals surface area contributed by atoms with Gasteiger partial charge in [0.1, 0.15) is 0 Å². The summed E-state index contributed by atoms with van der Waals surface area (Å²) in [5.41, 5.74) is 45.4. The van der Waals surface area contributed by atoms with Crippen molar-refractivity contribution in [2.45, 2.75) is 16.2 Å². The molecule has 0 spiro atoms. The van der Waals surface area contributed by atoms with Crippen LogP contribution in [0.25, 0.3) is 100 Å². The molecule has 708 valence electrons. The first-order chi connectivity index (χ1) is 74.4. The predicted octanol–water partition coefficient (Wildman–Crippen LogP) is 37.4. The van der Waals surface area contributed by atoms with Gasteiger partial charge in [0.2, 0.25) is 0 Å². The molecule has 5 nitrogen and oxygen atoms in total. The third kappa shape index (κ3) is 16.7. The number of pyridine rings is 2. The van der Waals surface area contributed by atoms with E-state index in [2.05, 4.69) is 613 Å². The Bertz CT molecular complexity index is 8640. The summed E-state index contributed by atoms with van der Waals surface area (Å²) in [4.78, 5) is 16.0. The molecule has 0 saturated carbocycles. The number of nitrogens with zero attached hydrogens (tertiary/aromatic N) is 5. The molecule has 3 aliphatic carbocycles. The first-order valence-corrected chi connectivity index (χ1v) is 51.5. The Kier molecular flexibility index (Phi) is 24.8. The third-order valence-corrected chi connectivity index (χ3v) is 30.2. The highest BCUT2D eigenvalue weighted by molar-refractivity contribution is 5.96. The topological polar surface area (TPSA) is 35.5 Å². The van der Waals surface area contributed by atoms with Gasteiger partial charge >= 0.3 is 0 Å². The van der Waals surface area contributed by atoms with Crippen molar-refractivity contribution in [3.63, 3.8) is 0 Å². The molecule has 0 aliphatic heterocycles. The van der Waals surface area contributed by atoms with Crippen molar-refractivity contribution in [2.24, 2.45) is 0 Å². The van der Waals surface area contributed by atoms with Crippen LogP contribution in [0, 0.1) is 0 Å². The van der Waals surface area contributed by atoms with Crippen molar-refractivity contribution in [2.75, 3.05) is 14.7 Å². The van der Waals surface area contributed by atoms with Gasteiger partial charge in [-0.15, -0.1) is 0 Å². The first-order valence-electron chi connectivity index (χ1n) is 51.5. The van der Waals surface area contributed by atoms with Crippen molar-refractivity contribution >= 4 is 51.2 Å². The number of hydrogen-bond acceptors (Lipinski definition) is 5. The molecule has 2 aromatic heterocycles. The Hall–Kier alpha value is -19.5. The van der Waals surface area contributed by atoms with E-state index in [1.807, 2.05) is 36.9 Å². The van der Waals surface area contributed by atoms with E-state index in [4.69, 9.17) is 0 Å². The quantitative estimate of drug-likeness (QED) is 0.0716. The molecule has 0 atom stereocenters. The van der Waals surface area contributed by atoms with Crippen LogP contribution in [0.5, 0.6) is 0 Å². The van der Waals surface area contributed by atoms with Crippen molar-refractivity contribution in [1.82, 2.24) is 9.97 Å². The number of para-hydroxylation sites is 1. The smallest absolute Gasteiger partial charge is 0.0714 e. The van der Waals surface area contributed by atoms with Crippen LogP contribution in [-0.2, 0) is 16.2 Å². The highest BCUT2D eigenvalue weighted by Gasteiger charge is 2.50.